The van der Waals surface area contributed by atoms with E-state index < -0.39 is 0 Å². The zero-order valence-electron chi connectivity index (χ0n) is 10.4. The molecule has 0 saturated heterocycles. The van der Waals surface area contributed by atoms with Gasteiger partial charge in [0.1, 0.15) is 0 Å². The summed E-state index contributed by atoms with van der Waals surface area (Å²) in [5.74, 6) is 0.786. The maximum atomic E-state index is 4.62. The molecule has 92 valence electrons. The van der Waals surface area contributed by atoms with Gasteiger partial charge in [0.15, 0.2) is 5.82 Å². The quantitative estimate of drug-likeness (QED) is 0.522. The monoisotopic (exact) mass is 265 g/mol. The first-order valence-electron chi connectivity index (χ1n) is 6.12. The van der Waals surface area contributed by atoms with Crippen molar-refractivity contribution in [3.8, 4) is 11.4 Å². The van der Waals surface area contributed by atoms with Gasteiger partial charge in [-0.2, -0.15) is 4.98 Å². The molecular formula is C15H11N3S. The van der Waals surface area contributed by atoms with Gasteiger partial charge in [0.2, 0.25) is 4.96 Å². The minimum Gasteiger partial charge on any atom is -0.203 e. The Balaban J connectivity index is 1.98. The fourth-order valence-corrected chi connectivity index (χ4v) is 3.27. The number of fused-ring (bicyclic) bond motifs is 3. The highest BCUT2D eigenvalue weighted by molar-refractivity contribution is 7.23. The van der Waals surface area contributed by atoms with Crippen molar-refractivity contribution in [1.82, 2.24) is 14.6 Å². The number of aromatic nitrogens is 3. The van der Waals surface area contributed by atoms with Crippen LogP contribution in [0.4, 0.5) is 0 Å². The van der Waals surface area contributed by atoms with Crippen LogP contribution in [0.1, 0.15) is 5.56 Å². The normalized spacial score (nSPS) is 11.4. The lowest BCUT2D eigenvalue weighted by Gasteiger charge is -1.94. The summed E-state index contributed by atoms with van der Waals surface area (Å²) in [5, 5.41) is 4.62. The van der Waals surface area contributed by atoms with E-state index in [4.69, 9.17) is 0 Å². The van der Waals surface area contributed by atoms with Crippen molar-refractivity contribution in [1.29, 1.82) is 0 Å². The van der Waals surface area contributed by atoms with Crippen LogP contribution in [-0.2, 0) is 0 Å². The number of benzene rings is 2. The average molecular weight is 265 g/mol. The van der Waals surface area contributed by atoms with Crippen LogP contribution < -0.4 is 0 Å². The first-order valence-corrected chi connectivity index (χ1v) is 6.94. The van der Waals surface area contributed by atoms with E-state index in [0.717, 1.165) is 21.9 Å². The van der Waals surface area contributed by atoms with Gasteiger partial charge < -0.3 is 0 Å². The topological polar surface area (TPSA) is 30.2 Å². The van der Waals surface area contributed by atoms with Gasteiger partial charge in [-0.05, 0) is 24.6 Å². The molecule has 0 atom stereocenters. The van der Waals surface area contributed by atoms with E-state index in [0.29, 0.717) is 0 Å². The largest absolute Gasteiger partial charge is 0.213 e. The lowest BCUT2D eigenvalue weighted by atomic mass is 10.2. The van der Waals surface area contributed by atoms with Crippen LogP contribution in [0.15, 0.2) is 48.5 Å². The minimum atomic E-state index is 0.786. The molecule has 0 radical (unpaired) electrons. The molecule has 2 aromatic carbocycles. The van der Waals surface area contributed by atoms with Crippen LogP contribution in [0.5, 0.6) is 0 Å². The van der Waals surface area contributed by atoms with Crippen LogP contribution in [0.25, 0.3) is 26.6 Å². The van der Waals surface area contributed by atoms with Crippen molar-refractivity contribution in [2.24, 2.45) is 0 Å². The molecule has 0 aliphatic rings. The van der Waals surface area contributed by atoms with Gasteiger partial charge in [-0.25, -0.2) is 4.52 Å². The van der Waals surface area contributed by atoms with E-state index >= 15 is 0 Å². The second-order valence-electron chi connectivity index (χ2n) is 4.57. The third-order valence-corrected chi connectivity index (χ3v) is 4.15. The lowest BCUT2D eigenvalue weighted by Crippen LogP contribution is -1.85. The highest BCUT2D eigenvalue weighted by Gasteiger charge is 2.11. The van der Waals surface area contributed by atoms with Crippen molar-refractivity contribution in [3.63, 3.8) is 0 Å². The Labute approximate surface area is 114 Å². The van der Waals surface area contributed by atoms with Gasteiger partial charge in [0.25, 0.3) is 0 Å². The first kappa shape index (κ1) is 10.7. The Morgan fingerprint density at radius 1 is 1.05 bits per heavy atom. The summed E-state index contributed by atoms with van der Waals surface area (Å²) in [5.41, 5.74) is 3.44. The Morgan fingerprint density at radius 2 is 1.89 bits per heavy atom. The molecule has 0 saturated carbocycles. The number of thiazole rings is 1. The van der Waals surface area contributed by atoms with Gasteiger partial charge in [-0.15, -0.1) is 5.10 Å². The fourth-order valence-electron chi connectivity index (χ4n) is 2.21. The van der Waals surface area contributed by atoms with Crippen LogP contribution in [0, 0.1) is 6.92 Å². The number of rotatable bonds is 1. The molecule has 0 fully saturated rings. The van der Waals surface area contributed by atoms with Crippen molar-refractivity contribution in [2.75, 3.05) is 0 Å². The zero-order valence-corrected chi connectivity index (χ0v) is 11.2. The highest BCUT2D eigenvalue weighted by Crippen LogP contribution is 2.27. The Bertz CT molecular complexity index is 874. The van der Waals surface area contributed by atoms with Crippen molar-refractivity contribution in [2.45, 2.75) is 6.92 Å². The summed E-state index contributed by atoms with van der Waals surface area (Å²) in [4.78, 5) is 5.56. The Hall–Kier alpha value is -2.20. The van der Waals surface area contributed by atoms with Crippen LogP contribution in [0.2, 0.25) is 0 Å². The average Bonchev–Trinajstić information content (AvgIpc) is 2.96. The van der Waals surface area contributed by atoms with Crippen molar-refractivity contribution < 1.29 is 0 Å². The first-order chi connectivity index (χ1) is 9.31. The van der Waals surface area contributed by atoms with Crippen LogP contribution >= 0.6 is 11.3 Å². The minimum absolute atomic E-state index is 0.786. The predicted octanol–water partition coefficient (Wildman–Crippen LogP) is 3.92. The second-order valence-corrected chi connectivity index (χ2v) is 5.58. The maximum absolute atomic E-state index is 4.62. The van der Waals surface area contributed by atoms with Crippen LogP contribution in [0.3, 0.4) is 0 Å². The molecule has 0 amide bonds. The van der Waals surface area contributed by atoms with Crippen molar-refractivity contribution >= 4 is 26.5 Å². The van der Waals surface area contributed by atoms with Gasteiger partial charge in [0, 0.05) is 5.56 Å². The molecule has 0 aliphatic heterocycles. The third kappa shape index (κ3) is 1.64. The van der Waals surface area contributed by atoms with E-state index in [9.17, 15) is 0 Å². The Kier molecular flexibility index (Phi) is 2.19. The summed E-state index contributed by atoms with van der Waals surface area (Å²) in [6.45, 7) is 2.10. The van der Waals surface area contributed by atoms with E-state index in [1.54, 1.807) is 11.3 Å². The molecule has 0 unspecified atom stereocenters. The molecule has 2 aromatic heterocycles. The zero-order chi connectivity index (χ0) is 12.8. The van der Waals surface area contributed by atoms with Crippen LogP contribution in [-0.4, -0.2) is 14.6 Å². The second kappa shape index (κ2) is 3.90. The molecule has 4 heteroatoms. The molecule has 19 heavy (non-hydrogen) atoms. The number of hydrogen-bond donors (Lipinski definition) is 0. The molecule has 4 rings (SSSR count). The van der Waals surface area contributed by atoms with E-state index in [2.05, 4.69) is 35.2 Å². The SMILES string of the molecule is Cc1ccc2c(c1)sc1nc(-c3ccccc3)nn12. The maximum Gasteiger partial charge on any atom is 0.213 e. The molecule has 0 N–H and O–H groups in total. The van der Waals surface area contributed by atoms with E-state index in [1.807, 2.05) is 34.8 Å². The molecular weight excluding hydrogens is 254 g/mol. The Morgan fingerprint density at radius 3 is 2.74 bits per heavy atom. The molecule has 4 aromatic rings. The van der Waals surface area contributed by atoms with Gasteiger partial charge in [-0.1, -0.05) is 47.7 Å². The lowest BCUT2D eigenvalue weighted by molar-refractivity contribution is 1.02. The molecule has 3 nitrogen and oxygen atoms in total. The number of aryl methyl sites for hydroxylation is 1. The van der Waals surface area contributed by atoms with Crippen molar-refractivity contribution in [3.05, 3.63) is 54.1 Å². The standard InChI is InChI=1S/C15H11N3S/c1-10-7-8-12-13(9-10)19-15-16-14(17-18(12)15)11-5-3-2-4-6-11/h2-9H,1H3. The van der Waals surface area contributed by atoms with E-state index in [1.165, 1.54) is 10.3 Å². The number of nitrogens with zero attached hydrogens (tertiary/aromatic N) is 3. The summed E-state index contributed by atoms with van der Waals surface area (Å²) in [7, 11) is 0. The summed E-state index contributed by atoms with van der Waals surface area (Å²) < 4.78 is 3.16. The molecule has 0 bridgehead atoms. The highest BCUT2D eigenvalue weighted by atomic mass is 32.1. The summed E-state index contributed by atoms with van der Waals surface area (Å²) in [6.07, 6.45) is 0. The molecule has 0 spiro atoms. The number of hydrogen-bond acceptors (Lipinski definition) is 3. The van der Waals surface area contributed by atoms with E-state index in [-0.39, 0.29) is 0 Å². The third-order valence-electron chi connectivity index (χ3n) is 3.15. The fraction of sp³-hybridized carbons (Fsp3) is 0.0667. The smallest absolute Gasteiger partial charge is 0.203 e. The molecule has 0 aliphatic carbocycles. The predicted molar refractivity (Wildman–Crippen MR) is 78.5 cm³/mol. The van der Waals surface area contributed by atoms with Gasteiger partial charge >= 0.3 is 0 Å². The van der Waals surface area contributed by atoms with Gasteiger partial charge in [-0.3, -0.25) is 0 Å². The van der Waals surface area contributed by atoms with Gasteiger partial charge in [0.05, 0.1) is 10.2 Å². The summed E-state index contributed by atoms with van der Waals surface area (Å²) in [6, 6.07) is 16.5. The molecule has 2 heterocycles. The summed E-state index contributed by atoms with van der Waals surface area (Å²) >= 11 is 1.68.